The van der Waals surface area contributed by atoms with Gasteiger partial charge >= 0.3 is 0 Å². The van der Waals surface area contributed by atoms with Crippen molar-refractivity contribution in [2.75, 3.05) is 0 Å². The van der Waals surface area contributed by atoms with Crippen LogP contribution in [-0.2, 0) is 11.2 Å². The van der Waals surface area contributed by atoms with E-state index in [-0.39, 0.29) is 5.75 Å². The number of hydrogen-bond donors (Lipinski definition) is 1. The summed E-state index contributed by atoms with van der Waals surface area (Å²) in [5, 5.41) is 10.5. The predicted molar refractivity (Wildman–Crippen MR) is 78.3 cm³/mol. The molecule has 0 aliphatic heterocycles. The minimum atomic E-state index is 0.250. The number of allylic oxidation sites excluding steroid dienone is 1. The maximum Gasteiger partial charge on any atom is 0.145 e. The molecule has 0 aliphatic rings. The summed E-state index contributed by atoms with van der Waals surface area (Å²) in [6, 6.07) is 7.50. The zero-order chi connectivity index (χ0) is 14.3. The van der Waals surface area contributed by atoms with Crippen molar-refractivity contribution in [2.45, 2.75) is 26.7 Å². The fourth-order valence-electron chi connectivity index (χ4n) is 1.47. The highest BCUT2D eigenvalue weighted by Crippen LogP contribution is 2.22. The maximum atomic E-state index is 9.64. The first kappa shape index (κ1) is 14.9. The largest absolute Gasteiger partial charge is 0.506 e. The number of aromatic hydroxyl groups is 1. The van der Waals surface area contributed by atoms with Gasteiger partial charge in [-0.25, -0.2) is 0 Å². The van der Waals surface area contributed by atoms with Gasteiger partial charge in [-0.3, -0.25) is 9.78 Å². The smallest absolute Gasteiger partial charge is 0.145 e. The molecule has 0 unspecified atom stereocenters. The van der Waals surface area contributed by atoms with E-state index in [1.807, 2.05) is 25.3 Å². The van der Waals surface area contributed by atoms with E-state index in [2.05, 4.69) is 24.6 Å². The van der Waals surface area contributed by atoms with Crippen molar-refractivity contribution in [2.24, 2.45) is 0 Å². The van der Waals surface area contributed by atoms with Crippen molar-refractivity contribution in [3.8, 4) is 5.75 Å². The molecule has 2 rings (SSSR count). The van der Waals surface area contributed by atoms with Crippen molar-refractivity contribution >= 4 is 17.2 Å². The predicted octanol–water partition coefficient (Wildman–Crippen LogP) is 3.65. The van der Waals surface area contributed by atoms with Crippen molar-refractivity contribution < 1.29 is 9.90 Å². The van der Waals surface area contributed by atoms with Crippen molar-refractivity contribution in [3.05, 3.63) is 48.2 Å². The number of pyridine rings is 1. The topological polar surface area (TPSA) is 50.2 Å². The van der Waals surface area contributed by atoms with Gasteiger partial charge in [0.15, 0.2) is 0 Å². The fourth-order valence-corrected chi connectivity index (χ4v) is 1.47. The summed E-state index contributed by atoms with van der Waals surface area (Å²) in [7, 11) is 0. The SMILES string of the molecule is C=C(C=O)CC.CCc1cnc2c(O)cccc2c1. The normalized spacial score (nSPS) is 9.58. The van der Waals surface area contributed by atoms with Gasteiger partial charge in [0, 0.05) is 11.6 Å². The van der Waals surface area contributed by atoms with E-state index >= 15 is 0 Å². The molecule has 3 nitrogen and oxygen atoms in total. The van der Waals surface area contributed by atoms with Crippen LogP contribution in [0.2, 0.25) is 0 Å². The molecule has 100 valence electrons. The number of nitrogens with zero attached hydrogens (tertiary/aromatic N) is 1. The molecule has 0 saturated heterocycles. The Kier molecular flexibility index (Phi) is 5.73. The lowest BCUT2D eigenvalue weighted by Gasteiger charge is -2.01. The van der Waals surface area contributed by atoms with Gasteiger partial charge in [0.05, 0.1) is 0 Å². The number of aryl methyl sites for hydroxylation is 1. The van der Waals surface area contributed by atoms with E-state index in [1.165, 1.54) is 5.56 Å². The van der Waals surface area contributed by atoms with Gasteiger partial charge in [0.1, 0.15) is 17.6 Å². The Hall–Kier alpha value is -2.16. The Morgan fingerprint density at radius 1 is 1.42 bits per heavy atom. The Balaban J connectivity index is 0.000000258. The number of rotatable bonds is 3. The van der Waals surface area contributed by atoms with Gasteiger partial charge in [0.25, 0.3) is 0 Å². The molecular weight excluding hydrogens is 238 g/mol. The number of carbonyl (C=O) groups excluding carboxylic acids is 1. The lowest BCUT2D eigenvalue weighted by atomic mass is 10.1. The Bertz CT molecular complexity index is 576. The summed E-state index contributed by atoms with van der Waals surface area (Å²) in [6.07, 6.45) is 4.32. The molecule has 0 atom stereocenters. The zero-order valence-electron chi connectivity index (χ0n) is 11.4. The second-order valence-electron chi connectivity index (χ2n) is 4.18. The summed E-state index contributed by atoms with van der Waals surface area (Å²) in [6.45, 7) is 7.41. The number of aromatic nitrogens is 1. The lowest BCUT2D eigenvalue weighted by Crippen LogP contribution is -1.84. The first-order valence-electron chi connectivity index (χ1n) is 6.31. The zero-order valence-corrected chi connectivity index (χ0v) is 11.4. The maximum absolute atomic E-state index is 9.64. The molecule has 0 spiro atoms. The standard InChI is InChI=1S/C11H11NO.C5H8O/c1-2-8-6-9-4-3-5-10(13)11(9)12-7-8;1-3-5(2)4-6/h3-7,13H,2H2,1H3;4H,2-3H2,1H3. The highest BCUT2D eigenvalue weighted by atomic mass is 16.3. The van der Waals surface area contributed by atoms with Crippen LogP contribution in [0, 0.1) is 0 Å². The summed E-state index contributed by atoms with van der Waals surface area (Å²) >= 11 is 0. The van der Waals surface area contributed by atoms with Crippen LogP contribution >= 0.6 is 0 Å². The second-order valence-corrected chi connectivity index (χ2v) is 4.18. The van der Waals surface area contributed by atoms with Crippen molar-refractivity contribution in [1.82, 2.24) is 4.98 Å². The van der Waals surface area contributed by atoms with E-state index in [0.29, 0.717) is 11.1 Å². The number of benzene rings is 1. The monoisotopic (exact) mass is 257 g/mol. The second kappa shape index (κ2) is 7.31. The molecule has 3 heteroatoms. The average Bonchev–Trinajstić information content (AvgIpc) is 2.47. The van der Waals surface area contributed by atoms with Gasteiger partial charge in [0.2, 0.25) is 0 Å². The highest BCUT2D eigenvalue weighted by Gasteiger charge is 2.00. The van der Waals surface area contributed by atoms with Crippen LogP contribution in [0.25, 0.3) is 10.9 Å². The van der Waals surface area contributed by atoms with Crippen molar-refractivity contribution in [1.29, 1.82) is 0 Å². The third kappa shape index (κ3) is 4.21. The molecule has 1 heterocycles. The van der Waals surface area contributed by atoms with E-state index in [4.69, 9.17) is 0 Å². The molecule has 1 aromatic heterocycles. The first-order valence-corrected chi connectivity index (χ1v) is 6.31. The molecule has 0 amide bonds. The molecule has 1 N–H and O–H groups in total. The number of hydrogen-bond acceptors (Lipinski definition) is 3. The summed E-state index contributed by atoms with van der Waals surface area (Å²) in [5.74, 6) is 0.250. The van der Waals surface area contributed by atoms with Crippen LogP contribution in [0.3, 0.4) is 0 Å². The first-order chi connectivity index (χ1) is 9.12. The minimum Gasteiger partial charge on any atom is -0.506 e. The Labute approximate surface area is 113 Å². The molecule has 0 saturated carbocycles. The quantitative estimate of drug-likeness (QED) is 0.674. The number of phenolic OH excluding ortho intramolecular Hbond substituents is 1. The van der Waals surface area contributed by atoms with Crippen LogP contribution in [0.1, 0.15) is 25.8 Å². The van der Waals surface area contributed by atoms with Gasteiger partial charge in [-0.2, -0.15) is 0 Å². The average molecular weight is 257 g/mol. The van der Waals surface area contributed by atoms with Gasteiger partial charge in [-0.05, 0) is 36.1 Å². The van der Waals surface area contributed by atoms with E-state index in [0.717, 1.165) is 24.5 Å². The summed E-state index contributed by atoms with van der Waals surface area (Å²) in [4.78, 5) is 13.8. The highest BCUT2D eigenvalue weighted by molar-refractivity contribution is 5.84. The minimum absolute atomic E-state index is 0.250. The molecule has 1 aromatic carbocycles. The van der Waals surface area contributed by atoms with Gasteiger partial charge < -0.3 is 5.11 Å². The number of para-hydroxylation sites is 1. The summed E-state index contributed by atoms with van der Waals surface area (Å²) in [5.41, 5.74) is 2.54. The van der Waals surface area contributed by atoms with Crippen LogP contribution in [0.4, 0.5) is 0 Å². The molecular formula is C16H19NO2. The molecule has 19 heavy (non-hydrogen) atoms. The van der Waals surface area contributed by atoms with E-state index < -0.39 is 0 Å². The van der Waals surface area contributed by atoms with Crippen LogP contribution < -0.4 is 0 Å². The van der Waals surface area contributed by atoms with Gasteiger partial charge in [-0.15, -0.1) is 0 Å². The molecule has 0 fully saturated rings. The van der Waals surface area contributed by atoms with Crippen LogP contribution in [-0.4, -0.2) is 16.4 Å². The van der Waals surface area contributed by atoms with Crippen LogP contribution in [0.5, 0.6) is 5.75 Å². The molecule has 0 aliphatic carbocycles. The number of phenols is 1. The van der Waals surface area contributed by atoms with Gasteiger partial charge in [-0.1, -0.05) is 32.6 Å². The Morgan fingerprint density at radius 3 is 2.68 bits per heavy atom. The van der Waals surface area contributed by atoms with Crippen molar-refractivity contribution in [3.63, 3.8) is 0 Å². The number of fused-ring (bicyclic) bond motifs is 1. The Morgan fingerprint density at radius 2 is 2.16 bits per heavy atom. The number of aldehydes is 1. The molecule has 2 aromatic rings. The molecule has 0 bridgehead atoms. The third-order valence-electron chi connectivity index (χ3n) is 2.78. The lowest BCUT2D eigenvalue weighted by molar-refractivity contribution is -0.105. The molecule has 0 radical (unpaired) electrons. The fraction of sp³-hybridized carbons (Fsp3) is 0.250. The van der Waals surface area contributed by atoms with Crippen LogP contribution in [0.15, 0.2) is 42.6 Å². The van der Waals surface area contributed by atoms with E-state index in [9.17, 15) is 9.90 Å². The van der Waals surface area contributed by atoms with E-state index in [1.54, 1.807) is 6.07 Å². The third-order valence-corrected chi connectivity index (χ3v) is 2.78. The number of carbonyl (C=O) groups is 1. The summed E-state index contributed by atoms with van der Waals surface area (Å²) < 4.78 is 0.